The third-order valence-corrected chi connectivity index (χ3v) is 3.63. The van der Waals surface area contributed by atoms with E-state index in [4.69, 9.17) is 0 Å². The summed E-state index contributed by atoms with van der Waals surface area (Å²) in [5, 5.41) is 0.961. The van der Waals surface area contributed by atoms with E-state index < -0.39 is 0 Å². The van der Waals surface area contributed by atoms with Crippen LogP contribution in [0.5, 0.6) is 0 Å². The van der Waals surface area contributed by atoms with Gasteiger partial charge in [-0.1, -0.05) is 19.1 Å². The molecule has 0 aliphatic carbocycles. The van der Waals surface area contributed by atoms with Crippen molar-refractivity contribution in [3.05, 3.63) is 46.4 Å². The monoisotopic (exact) mass is 319 g/mol. The minimum Gasteiger partial charge on any atom is -0.345 e. The van der Waals surface area contributed by atoms with Gasteiger partial charge in [0.25, 0.3) is 0 Å². The van der Waals surface area contributed by atoms with Gasteiger partial charge in [0, 0.05) is 10.7 Å². The first kappa shape index (κ1) is 12.3. The molecule has 1 aromatic carbocycles. The van der Waals surface area contributed by atoms with Crippen molar-refractivity contribution >= 4 is 27.0 Å². The number of aromatic amines is 1. The number of benzene rings is 1. The van der Waals surface area contributed by atoms with Crippen LogP contribution in [0.4, 0.5) is 4.39 Å². The van der Waals surface area contributed by atoms with Crippen LogP contribution < -0.4 is 0 Å². The largest absolute Gasteiger partial charge is 0.345 e. The lowest BCUT2D eigenvalue weighted by Crippen LogP contribution is -1.97. The summed E-state index contributed by atoms with van der Waals surface area (Å²) in [7, 11) is 0. The van der Waals surface area contributed by atoms with Crippen molar-refractivity contribution in [2.45, 2.75) is 13.3 Å². The number of aryl methyl sites for hydroxylation is 1. The molecule has 3 nitrogen and oxygen atoms in total. The Hall–Kier alpha value is -1.75. The fourth-order valence-corrected chi connectivity index (χ4v) is 2.62. The summed E-state index contributed by atoms with van der Waals surface area (Å²) in [5.74, 6) is 0.103. The van der Waals surface area contributed by atoms with Crippen molar-refractivity contribution in [1.29, 1.82) is 0 Å². The fraction of sp³-hybridized carbons (Fsp3) is 0.143. The van der Waals surface area contributed by atoms with E-state index in [1.54, 1.807) is 18.2 Å². The van der Waals surface area contributed by atoms with Gasteiger partial charge in [0.2, 0.25) is 0 Å². The summed E-state index contributed by atoms with van der Waals surface area (Å²) in [6.45, 7) is 2.02. The van der Waals surface area contributed by atoms with Gasteiger partial charge in [0.1, 0.15) is 11.5 Å². The Morgan fingerprint density at radius 1 is 1.26 bits per heavy atom. The molecule has 0 aliphatic heterocycles. The highest BCUT2D eigenvalue weighted by atomic mass is 79.9. The van der Waals surface area contributed by atoms with E-state index in [1.165, 1.54) is 6.07 Å². The van der Waals surface area contributed by atoms with Gasteiger partial charge in [-0.05, 0) is 34.5 Å². The third kappa shape index (κ3) is 2.04. The van der Waals surface area contributed by atoms with Crippen molar-refractivity contribution in [2.75, 3.05) is 0 Å². The minimum absolute atomic E-state index is 0.311. The Kier molecular flexibility index (Phi) is 3.06. The second-order valence-corrected chi connectivity index (χ2v) is 5.04. The molecule has 0 fully saturated rings. The van der Waals surface area contributed by atoms with E-state index in [-0.39, 0.29) is 5.82 Å². The van der Waals surface area contributed by atoms with Crippen LogP contribution >= 0.6 is 15.9 Å². The molecule has 2 heterocycles. The Morgan fingerprint density at radius 2 is 2.05 bits per heavy atom. The molecule has 0 saturated heterocycles. The van der Waals surface area contributed by atoms with Crippen molar-refractivity contribution in [1.82, 2.24) is 15.0 Å². The second kappa shape index (κ2) is 4.74. The quantitative estimate of drug-likeness (QED) is 0.773. The van der Waals surface area contributed by atoms with Crippen LogP contribution in [-0.4, -0.2) is 15.0 Å². The van der Waals surface area contributed by atoms with Crippen LogP contribution in [-0.2, 0) is 6.42 Å². The predicted molar refractivity (Wildman–Crippen MR) is 76.4 cm³/mol. The van der Waals surface area contributed by atoms with Gasteiger partial charge in [-0.15, -0.1) is 0 Å². The summed E-state index contributed by atoms with van der Waals surface area (Å²) in [4.78, 5) is 12.0. The SMILES string of the molecule is CCc1nc(-c2ccccc2F)nc2[nH]cc(Br)c12. The van der Waals surface area contributed by atoms with Crippen LogP contribution in [0.25, 0.3) is 22.4 Å². The highest BCUT2D eigenvalue weighted by molar-refractivity contribution is 9.10. The van der Waals surface area contributed by atoms with Crippen LogP contribution in [0, 0.1) is 5.82 Å². The first-order chi connectivity index (χ1) is 9.20. The molecular formula is C14H11BrFN3. The Bertz CT molecular complexity index is 752. The molecule has 0 spiro atoms. The fourth-order valence-electron chi connectivity index (χ4n) is 2.09. The van der Waals surface area contributed by atoms with E-state index in [0.29, 0.717) is 11.4 Å². The van der Waals surface area contributed by atoms with Crippen molar-refractivity contribution in [2.24, 2.45) is 0 Å². The van der Waals surface area contributed by atoms with Crippen LogP contribution in [0.15, 0.2) is 34.9 Å². The Morgan fingerprint density at radius 3 is 2.79 bits per heavy atom. The van der Waals surface area contributed by atoms with Crippen molar-refractivity contribution in [3.63, 3.8) is 0 Å². The number of aromatic nitrogens is 3. The molecule has 0 bridgehead atoms. The molecule has 3 rings (SSSR count). The van der Waals surface area contributed by atoms with Gasteiger partial charge in [0.05, 0.1) is 16.6 Å². The van der Waals surface area contributed by atoms with E-state index >= 15 is 0 Å². The molecular weight excluding hydrogens is 309 g/mol. The number of nitrogens with one attached hydrogen (secondary N) is 1. The zero-order valence-corrected chi connectivity index (χ0v) is 11.8. The highest BCUT2D eigenvalue weighted by Gasteiger charge is 2.14. The summed E-state index contributed by atoms with van der Waals surface area (Å²) < 4.78 is 14.7. The van der Waals surface area contributed by atoms with Crippen molar-refractivity contribution in [3.8, 4) is 11.4 Å². The molecule has 5 heteroatoms. The summed E-state index contributed by atoms with van der Waals surface area (Å²) >= 11 is 3.47. The third-order valence-electron chi connectivity index (χ3n) is 3.01. The lowest BCUT2D eigenvalue weighted by atomic mass is 10.1. The topological polar surface area (TPSA) is 41.6 Å². The van der Waals surface area contributed by atoms with E-state index in [0.717, 1.165) is 27.6 Å². The Balaban J connectivity index is 2.29. The smallest absolute Gasteiger partial charge is 0.164 e. The number of rotatable bonds is 2. The lowest BCUT2D eigenvalue weighted by molar-refractivity contribution is 0.630. The molecule has 0 saturated carbocycles. The van der Waals surface area contributed by atoms with Crippen molar-refractivity contribution < 1.29 is 4.39 Å². The van der Waals surface area contributed by atoms with Gasteiger partial charge in [-0.2, -0.15) is 0 Å². The molecule has 0 amide bonds. The zero-order valence-electron chi connectivity index (χ0n) is 10.2. The number of fused-ring (bicyclic) bond motifs is 1. The molecule has 96 valence electrons. The predicted octanol–water partition coefficient (Wildman–Crippen LogP) is 4.09. The van der Waals surface area contributed by atoms with E-state index in [9.17, 15) is 4.39 Å². The molecule has 1 N–H and O–H groups in total. The normalized spacial score (nSPS) is 11.1. The average molecular weight is 320 g/mol. The summed E-state index contributed by atoms with van der Waals surface area (Å²) in [6, 6.07) is 6.54. The van der Waals surface area contributed by atoms with Gasteiger partial charge in [-0.3, -0.25) is 0 Å². The van der Waals surface area contributed by atoms with Gasteiger partial charge in [0.15, 0.2) is 5.82 Å². The average Bonchev–Trinajstić information content (AvgIpc) is 2.80. The molecule has 0 radical (unpaired) electrons. The van der Waals surface area contributed by atoms with E-state index in [1.807, 2.05) is 13.1 Å². The highest BCUT2D eigenvalue weighted by Crippen LogP contribution is 2.28. The number of hydrogen-bond donors (Lipinski definition) is 1. The maximum Gasteiger partial charge on any atom is 0.164 e. The second-order valence-electron chi connectivity index (χ2n) is 4.19. The van der Waals surface area contributed by atoms with Crippen LogP contribution in [0.3, 0.4) is 0 Å². The van der Waals surface area contributed by atoms with E-state index in [2.05, 4.69) is 30.9 Å². The lowest BCUT2D eigenvalue weighted by Gasteiger charge is -2.05. The molecule has 0 atom stereocenters. The standard InChI is InChI=1S/C14H11BrFN3/c1-2-11-12-9(15)7-17-14(12)19-13(18-11)8-5-3-4-6-10(8)16/h3-7H,2H2,1H3,(H,17,18,19). The first-order valence-electron chi connectivity index (χ1n) is 5.99. The molecule has 0 aliphatic rings. The maximum atomic E-state index is 13.8. The molecule has 3 aromatic rings. The molecule has 0 unspecified atom stereocenters. The zero-order chi connectivity index (χ0) is 13.4. The van der Waals surface area contributed by atoms with Gasteiger partial charge >= 0.3 is 0 Å². The molecule has 2 aromatic heterocycles. The number of H-pyrrole nitrogens is 1. The summed E-state index contributed by atoms with van der Waals surface area (Å²) in [5.41, 5.74) is 2.04. The Labute approximate surface area is 118 Å². The minimum atomic E-state index is -0.311. The van der Waals surface area contributed by atoms with Crippen LogP contribution in [0.2, 0.25) is 0 Å². The van der Waals surface area contributed by atoms with Gasteiger partial charge < -0.3 is 4.98 Å². The maximum absolute atomic E-state index is 13.8. The van der Waals surface area contributed by atoms with Crippen LogP contribution in [0.1, 0.15) is 12.6 Å². The first-order valence-corrected chi connectivity index (χ1v) is 6.78. The van der Waals surface area contributed by atoms with Gasteiger partial charge in [-0.25, -0.2) is 14.4 Å². The molecule has 19 heavy (non-hydrogen) atoms. The number of nitrogens with zero attached hydrogens (tertiary/aromatic N) is 2. The number of halogens is 2. The number of hydrogen-bond acceptors (Lipinski definition) is 2. The summed E-state index contributed by atoms with van der Waals surface area (Å²) in [6.07, 6.45) is 2.58.